The smallest absolute Gasteiger partial charge is 0.342 e. The summed E-state index contributed by atoms with van der Waals surface area (Å²) in [6.45, 7) is 5.38. The van der Waals surface area contributed by atoms with Gasteiger partial charge in [-0.25, -0.2) is 9.59 Å². The number of para-hydroxylation sites is 1. The lowest BCUT2D eigenvalue weighted by atomic mass is 10.0. The molecular formula is C29H32N2O6S. The Bertz CT molecular complexity index is 1290. The molecular weight excluding hydrogens is 504 g/mol. The zero-order valence-corrected chi connectivity index (χ0v) is 22.8. The molecule has 0 saturated heterocycles. The first kappa shape index (κ1) is 28.6. The Balaban J connectivity index is 1.58. The molecule has 8 nitrogen and oxygen atoms in total. The van der Waals surface area contributed by atoms with E-state index in [0.29, 0.717) is 34.7 Å². The van der Waals surface area contributed by atoms with Gasteiger partial charge in [-0.1, -0.05) is 42.5 Å². The van der Waals surface area contributed by atoms with Crippen LogP contribution in [0.3, 0.4) is 0 Å². The monoisotopic (exact) mass is 536 g/mol. The minimum Gasteiger partial charge on any atom is -0.465 e. The molecule has 38 heavy (non-hydrogen) atoms. The quantitative estimate of drug-likeness (QED) is 0.233. The molecule has 0 spiro atoms. The second kappa shape index (κ2) is 13.0. The molecule has 0 aliphatic rings. The maximum atomic E-state index is 13.0. The summed E-state index contributed by atoms with van der Waals surface area (Å²) in [5.41, 5.74) is 1.84. The van der Waals surface area contributed by atoms with Crippen molar-refractivity contribution in [3.05, 3.63) is 71.1 Å². The van der Waals surface area contributed by atoms with E-state index in [1.807, 2.05) is 35.7 Å². The maximum Gasteiger partial charge on any atom is 0.342 e. The van der Waals surface area contributed by atoms with Gasteiger partial charge in [0.2, 0.25) is 11.8 Å². The van der Waals surface area contributed by atoms with Crippen molar-refractivity contribution in [2.24, 2.45) is 0 Å². The van der Waals surface area contributed by atoms with Crippen LogP contribution in [0.15, 0.2) is 60.0 Å². The van der Waals surface area contributed by atoms with Crippen LogP contribution in [0.25, 0.3) is 11.1 Å². The van der Waals surface area contributed by atoms with Crippen molar-refractivity contribution in [2.75, 3.05) is 17.7 Å². The van der Waals surface area contributed by atoms with E-state index >= 15 is 0 Å². The van der Waals surface area contributed by atoms with Gasteiger partial charge >= 0.3 is 11.9 Å². The Labute approximate surface area is 226 Å². The summed E-state index contributed by atoms with van der Waals surface area (Å²) in [6, 6.07) is 16.1. The van der Waals surface area contributed by atoms with Gasteiger partial charge in [-0.05, 0) is 51.3 Å². The van der Waals surface area contributed by atoms with E-state index in [-0.39, 0.29) is 30.2 Å². The molecule has 0 radical (unpaired) electrons. The van der Waals surface area contributed by atoms with Crippen molar-refractivity contribution in [1.29, 1.82) is 0 Å². The molecule has 0 atom stereocenters. The van der Waals surface area contributed by atoms with Crippen molar-refractivity contribution in [1.82, 2.24) is 0 Å². The van der Waals surface area contributed by atoms with Crippen LogP contribution in [-0.2, 0) is 19.1 Å². The first-order chi connectivity index (χ1) is 18.1. The topological polar surface area (TPSA) is 111 Å². The zero-order valence-electron chi connectivity index (χ0n) is 22.0. The number of thiophene rings is 1. The average molecular weight is 537 g/mol. The summed E-state index contributed by atoms with van der Waals surface area (Å²) in [4.78, 5) is 50.0. The van der Waals surface area contributed by atoms with Crippen LogP contribution in [0.5, 0.6) is 0 Å². The number of hydrogen-bond donors (Lipinski definition) is 2. The summed E-state index contributed by atoms with van der Waals surface area (Å²) in [5.74, 6) is -1.56. The fourth-order valence-electron chi connectivity index (χ4n) is 3.66. The molecule has 3 rings (SSSR count). The lowest BCUT2D eigenvalue weighted by Crippen LogP contribution is -2.25. The van der Waals surface area contributed by atoms with Gasteiger partial charge < -0.3 is 20.1 Å². The summed E-state index contributed by atoms with van der Waals surface area (Å²) in [7, 11) is 1.28. The van der Waals surface area contributed by atoms with Gasteiger partial charge in [0.15, 0.2) is 0 Å². The number of esters is 2. The van der Waals surface area contributed by atoms with E-state index in [9.17, 15) is 19.2 Å². The third-order valence-electron chi connectivity index (χ3n) is 5.40. The van der Waals surface area contributed by atoms with E-state index in [4.69, 9.17) is 9.47 Å². The van der Waals surface area contributed by atoms with E-state index in [2.05, 4.69) is 10.6 Å². The summed E-state index contributed by atoms with van der Waals surface area (Å²) < 4.78 is 10.4. The standard InChI is InChI=1S/C29H32N2O6S/c1-29(2,3)37-28(35)25-21(19-12-6-5-7-13-19)18-38-26(25)31-24(33)17-11-10-16-23(32)30-22-15-9-8-14-20(22)27(34)36-4/h5-9,12-15,18H,10-11,16-17H2,1-4H3,(H,30,32)(H,31,33). The fourth-order valence-corrected chi connectivity index (χ4v) is 4.64. The summed E-state index contributed by atoms with van der Waals surface area (Å²) >= 11 is 1.27. The third-order valence-corrected chi connectivity index (χ3v) is 6.29. The minimum atomic E-state index is -0.688. The molecule has 0 saturated carbocycles. The Kier molecular flexibility index (Phi) is 9.78. The van der Waals surface area contributed by atoms with Crippen LogP contribution in [0.2, 0.25) is 0 Å². The Morgan fingerprint density at radius 2 is 1.42 bits per heavy atom. The summed E-state index contributed by atoms with van der Waals surface area (Å²) in [6.07, 6.45) is 1.30. The molecule has 0 unspecified atom stereocenters. The Morgan fingerprint density at radius 3 is 2.05 bits per heavy atom. The second-order valence-corrected chi connectivity index (χ2v) is 10.4. The number of benzene rings is 2. The predicted octanol–water partition coefficient (Wildman–Crippen LogP) is 6.29. The molecule has 2 aromatic carbocycles. The number of carbonyl (C=O) groups excluding carboxylic acids is 4. The molecule has 2 N–H and O–H groups in total. The molecule has 1 heterocycles. The molecule has 9 heteroatoms. The SMILES string of the molecule is COC(=O)c1ccccc1NC(=O)CCCCC(=O)Nc1scc(-c2ccccc2)c1C(=O)OC(C)(C)C. The van der Waals surface area contributed by atoms with Crippen molar-refractivity contribution in [3.63, 3.8) is 0 Å². The first-order valence-electron chi connectivity index (χ1n) is 12.3. The number of rotatable bonds is 10. The van der Waals surface area contributed by atoms with Crippen LogP contribution < -0.4 is 10.6 Å². The maximum absolute atomic E-state index is 13.0. The molecule has 0 fully saturated rings. The van der Waals surface area contributed by atoms with Gasteiger partial charge in [0, 0.05) is 23.8 Å². The molecule has 0 bridgehead atoms. The Hall–Kier alpha value is -3.98. The predicted molar refractivity (Wildman–Crippen MR) is 148 cm³/mol. The van der Waals surface area contributed by atoms with Crippen LogP contribution in [0, 0.1) is 0 Å². The van der Waals surface area contributed by atoms with Crippen LogP contribution >= 0.6 is 11.3 Å². The van der Waals surface area contributed by atoms with Crippen molar-refractivity contribution in [2.45, 2.75) is 52.1 Å². The highest BCUT2D eigenvalue weighted by Crippen LogP contribution is 2.37. The highest BCUT2D eigenvalue weighted by Gasteiger charge is 2.26. The van der Waals surface area contributed by atoms with Crippen LogP contribution in [0.1, 0.15) is 67.2 Å². The molecule has 3 aromatic rings. The third kappa shape index (κ3) is 8.01. The number of carbonyl (C=O) groups is 4. The van der Waals surface area contributed by atoms with Crippen molar-refractivity contribution < 1.29 is 28.7 Å². The lowest BCUT2D eigenvalue weighted by Gasteiger charge is -2.20. The second-order valence-electron chi connectivity index (χ2n) is 9.56. The largest absolute Gasteiger partial charge is 0.465 e. The molecule has 0 aliphatic heterocycles. The van der Waals surface area contributed by atoms with Gasteiger partial charge in [-0.15, -0.1) is 11.3 Å². The number of nitrogens with one attached hydrogen (secondary N) is 2. The lowest BCUT2D eigenvalue weighted by molar-refractivity contribution is -0.118. The highest BCUT2D eigenvalue weighted by atomic mass is 32.1. The molecule has 0 aliphatic carbocycles. The van der Waals surface area contributed by atoms with Gasteiger partial charge in [-0.2, -0.15) is 0 Å². The van der Waals surface area contributed by atoms with Gasteiger partial charge in [0.05, 0.1) is 18.4 Å². The number of amides is 2. The van der Waals surface area contributed by atoms with Crippen LogP contribution in [-0.4, -0.2) is 36.5 Å². The number of methoxy groups -OCH3 is 1. The normalized spacial score (nSPS) is 10.9. The summed E-state index contributed by atoms with van der Waals surface area (Å²) in [5, 5.41) is 7.83. The van der Waals surface area contributed by atoms with E-state index in [1.54, 1.807) is 45.0 Å². The fraction of sp³-hybridized carbons (Fsp3) is 0.310. The van der Waals surface area contributed by atoms with Crippen molar-refractivity contribution in [3.8, 4) is 11.1 Å². The minimum absolute atomic E-state index is 0.179. The van der Waals surface area contributed by atoms with Gasteiger partial charge in [0.25, 0.3) is 0 Å². The number of anilines is 2. The van der Waals surface area contributed by atoms with Gasteiger partial charge in [0.1, 0.15) is 16.2 Å². The van der Waals surface area contributed by atoms with Gasteiger partial charge in [-0.3, -0.25) is 9.59 Å². The number of hydrogen-bond acceptors (Lipinski definition) is 7. The van der Waals surface area contributed by atoms with E-state index in [1.165, 1.54) is 18.4 Å². The molecule has 1 aromatic heterocycles. The van der Waals surface area contributed by atoms with Crippen LogP contribution in [0.4, 0.5) is 10.7 Å². The molecule has 200 valence electrons. The average Bonchev–Trinajstić information content (AvgIpc) is 3.29. The molecule has 2 amide bonds. The number of ether oxygens (including phenoxy) is 2. The zero-order chi connectivity index (χ0) is 27.7. The van der Waals surface area contributed by atoms with Crippen molar-refractivity contribution >= 4 is 45.8 Å². The Morgan fingerprint density at radius 1 is 0.816 bits per heavy atom. The van der Waals surface area contributed by atoms with E-state index in [0.717, 1.165) is 5.56 Å². The number of unbranched alkanes of at least 4 members (excludes halogenated alkanes) is 1. The highest BCUT2D eigenvalue weighted by molar-refractivity contribution is 7.15. The first-order valence-corrected chi connectivity index (χ1v) is 13.1. The van der Waals surface area contributed by atoms with E-state index < -0.39 is 17.5 Å².